The van der Waals surface area contributed by atoms with Crippen molar-refractivity contribution in [3.8, 4) is 0 Å². The SMILES string of the molecule is Cc1ccc(Cn2ccc(NC(=O)C(C)n3ccc(C(=O)O)n3)n2)cc1. The topological polar surface area (TPSA) is 102 Å². The Morgan fingerprint density at radius 1 is 1.12 bits per heavy atom. The first-order chi connectivity index (χ1) is 12.4. The van der Waals surface area contributed by atoms with E-state index < -0.39 is 12.0 Å². The Hall–Kier alpha value is -3.42. The maximum Gasteiger partial charge on any atom is 0.356 e. The summed E-state index contributed by atoms with van der Waals surface area (Å²) in [5.41, 5.74) is 2.20. The molecule has 0 radical (unpaired) electrons. The highest BCUT2D eigenvalue weighted by molar-refractivity contribution is 5.92. The lowest BCUT2D eigenvalue weighted by molar-refractivity contribution is -0.119. The lowest BCUT2D eigenvalue weighted by Crippen LogP contribution is -2.24. The first-order valence-electron chi connectivity index (χ1n) is 8.10. The van der Waals surface area contributed by atoms with Crippen molar-refractivity contribution in [1.82, 2.24) is 19.6 Å². The van der Waals surface area contributed by atoms with Gasteiger partial charge in [0, 0.05) is 18.5 Å². The predicted molar refractivity (Wildman–Crippen MR) is 95.0 cm³/mol. The van der Waals surface area contributed by atoms with Gasteiger partial charge in [-0.1, -0.05) is 29.8 Å². The van der Waals surface area contributed by atoms with Crippen LogP contribution < -0.4 is 5.32 Å². The molecule has 2 N–H and O–H groups in total. The van der Waals surface area contributed by atoms with Gasteiger partial charge in [-0.05, 0) is 25.5 Å². The fourth-order valence-corrected chi connectivity index (χ4v) is 2.42. The number of aromatic nitrogens is 4. The van der Waals surface area contributed by atoms with Crippen LogP contribution in [0, 0.1) is 6.92 Å². The van der Waals surface area contributed by atoms with Gasteiger partial charge in [-0.3, -0.25) is 14.2 Å². The van der Waals surface area contributed by atoms with Gasteiger partial charge in [-0.15, -0.1) is 0 Å². The number of aryl methyl sites for hydroxylation is 1. The van der Waals surface area contributed by atoms with Gasteiger partial charge in [0.15, 0.2) is 11.5 Å². The van der Waals surface area contributed by atoms with Gasteiger partial charge in [-0.2, -0.15) is 10.2 Å². The summed E-state index contributed by atoms with van der Waals surface area (Å²) in [7, 11) is 0. The van der Waals surface area contributed by atoms with E-state index in [4.69, 9.17) is 5.11 Å². The average Bonchev–Trinajstić information content (AvgIpc) is 3.26. The van der Waals surface area contributed by atoms with E-state index in [1.54, 1.807) is 23.9 Å². The fourth-order valence-electron chi connectivity index (χ4n) is 2.42. The third-order valence-corrected chi connectivity index (χ3v) is 3.96. The van der Waals surface area contributed by atoms with E-state index in [0.29, 0.717) is 12.4 Å². The highest BCUT2D eigenvalue weighted by atomic mass is 16.4. The monoisotopic (exact) mass is 353 g/mol. The number of benzene rings is 1. The van der Waals surface area contributed by atoms with Crippen LogP contribution in [0.2, 0.25) is 0 Å². The molecule has 8 nitrogen and oxygen atoms in total. The van der Waals surface area contributed by atoms with Crippen LogP contribution in [0.5, 0.6) is 0 Å². The zero-order valence-corrected chi connectivity index (χ0v) is 14.5. The lowest BCUT2D eigenvalue weighted by Gasteiger charge is -2.11. The first kappa shape index (κ1) is 17.4. The number of nitrogens with one attached hydrogen (secondary N) is 1. The third kappa shape index (κ3) is 3.97. The van der Waals surface area contributed by atoms with Crippen molar-refractivity contribution in [3.63, 3.8) is 0 Å². The van der Waals surface area contributed by atoms with E-state index in [1.807, 2.05) is 31.2 Å². The van der Waals surface area contributed by atoms with E-state index >= 15 is 0 Å². The summed E-state index contributed by atoms with van der Waals surface area (Å²) >= 11 is 0. The molecule has 2 aromatic heterocycles. The highest BCUT2D eigenvalue weighted by Crippen LogP contribution is 2.12. The third-order valence-electron chi connectivity index (χ3n) is 3.96. The van der Waals surface area contributed by atoms with Crippen molar-refractivity contribution in [2.45, 2.75) is 26.4 Å². The number of carbonyl (C=O) groups is 2. The van der Waals surface area contributed by atoms with Gasteiger partial charge >= 0.3 is 5.97 Å². The van der Waals surface area contributed by atoms with Crippen LogP contribution >= 0.6 is 0 Å². The number of hydrogen-bond donors (Lipinski definition) is 2. The highest BCUT2D eigenvalue weighted by Gasteiger charge is 2.18. The Labute approximate surface area is 150 Å². The van der Waals surface area contributed by atoms with Crippen LogP contribution in [0.25, 0.3) is 0 Å². The molecule has 0 saturated carbocycles. The summed E-state index contributed by atoms with van der Waals surface area (Å²) < 4.78 is 3.05. The Balaban J connectivity index is 1.63. The second-order valence-corrected chi connectivity index (χ2v) is 6.04. The molecule has 1 unspecified atom stereocenters. The summed E-state index contributed by atoms with van der Waals surface area (Å²) in [6.07, 6.45) is 3.25. The smallest absolute Gasteiger partial charge is 0.356 e. The van der Waals surface area contributed by atoms with Gasteiger partial charge in [0.05, 0.1) is 6.54 Å². The molecule has 1 atom stereocenters. The molecule has 0 aliphatic heterocycles. The lowest BCUT2D eigenvalue weighted by atomic mass is 10.1. The minimum Gasteiger partial charge on any atom is -0.476 e. The summed E-state index contributed by atoms with van der Waals surface area (Å²) in [4.78, 5) is 23.2. The van der Waals surface area contributed by atoms with Crippen LogP contribution in [0.4, 0.5) is 5.82 Å². The van der Waals surface area contributed by atoms with Gasteiger partial charge < -0.3 is 10.4 Å². The average molecular weight is 353 g/mol. The van der Waals surface area contributed by atoms with Crippen LogP contribution in [0.15, 0.2) is 48.8 Å². The Morgan fingerprint density at radius 2 is 1.85 bits per heavy atom. The summed E-state index contributed by atoms with van der Waals surface area (Å²) in [5.74, 6) is -1.03. The Morgan fingerprint density at radius 3 is 2.50 bits per heavy atom. The van der Waals surface area contributed by atoms with Crippen molar-refractivity contribution >= 4 is 17.7 Å². The second-order valence-electron chi connectivity index (χ2n) is 6.04. The summed E-state index contributed by atoms with van der Waals surface area (Å²) in [6.45, 7) is 4.27. The van der Waals surface area contributed by atoms with Gasteiger partial charge in [-0.25, -0.2) is 4.79 Å². The van der Waals surface area contributed by atoms with Crippen molar-refractivity contribution in [2.24, 2.45) is 0 Å². The van der Waals surface area contributed by atoms with Gasteiger partial charge in [0.25, 0.3) is 0 Å². The van der Waals surface area contributed by atoms with Crippen molar-refractivity contribution in [3.05, 3.63) is 65.6 Å². The number of nitrogens with zero attached hydrogens (tertiary/aromatic N) is 4. The molecule has 0 spiro atoms. The number of rotatable bonds is 6. The first-order valence-corrected chi connectivity index (χ1v) is 8.10. The molecule has 0 saturated heterocycles. The van der Waals surface area contributed by atoms with E-state index in [9.17, 15) is 9.59 Å². The number of carbonyl (C=O) groups excluding carboxylic acids is 1. The van der Waals surface area contributed by atoms with Crippen molar-refractivity contribution in [2.75, 3.05) is 5.32 Å². The molecule has 0 aliphatic carbocycles. The van der Waals surface area contributed by atoms with Crippen molar-refractivity contribution in [1.29, 1.82) is 0 Å². The summed E-state index contributed by atoms with van der Waals surface area (Å²) in [6, 6.07) is 10.6. The van der Waals surface area contributed by atoms with Crippen LogP contribution in [-0.4, -0.2) is 36.5 Å². The standard InChI is InChI=1S/C18H19N5O3/c1-12-3-5-14(6-4-12)11-22-9-8-16(21-22)19-17(24)13(2)23-10-7-15(20-23)18(25)26/h3-10,13H,11H2,1-2H3,(H,25,26)(H,19,21,24). The molecule has 1 amide bonds. The second kappa shape index (κ2) is 7.22. The molecule has 134 valence electrons. The Kier molecular flexibility index (Phi) is 4.83. The maximum atomic E-state index is 12.3. The molecule has 0 fully saturated rings. The fraction of sp³-hybridized carbons (Fsp3) is 0.222. The van der Waals surface area contributed by atoms with Gasteiger partial charge in [0.2, 0.25) is 5.91 Å². The van der Waals surface area contributed by atoms with Crippen LogP contribution in [0.1, 0.15) is 34.6 Å². The number of hydrogen-bond acceptors (Lipinski definition) is 4. The Bertz CT molecular complexity index is 926. The van der Waals surface area contributed by atoms with Crippen molar-refractivity contribution < 1.29 is 14.7 Å². The van der Waals surface area contributed by atoms with E-state index in [1.165, 1.54) is 22.5 Å². The molecule has 8 heteroatoms. The number of carboxylic acid groups (broad SMARTS) is 1. The van der Waals surface area contributed by atoms with E-state index in [2.05, 4.69) is 15.5 Å². The van der Waals surface area contributed by atoms with E-state index in [0.717, 1.165) is 5.56 Å². The van der Waals surface area contributed by atoms with Crippen LogP contribution in [0.3, 0.4) is 0 Å². The van der Waals surface area contributed by atoms with Gasteiger partial charge in [0.1, 0.15) is 6.04 Å². The molecule has 2 heterocycles. The number of amides is 1. The van der Waals surface area contributed by atoms with E-state index in [-0.39, 0.29) is 11.6 Å². The molecular formula is C18H19N5O3. The molecular weight excluding hydrogens is 334 g/mol. The number of anilines is 1. The molecule has 0 bridgehead atoms. The normalized spacial score (nSPS) is 11.9. The molecule has 26 heavy (non-hydrogen) atoms. The quantitative estimate of drug-likeness (QED) is 0.708. The molecule has 3 rings (SSSR count). The number of carboxylic acids is 1. The summed E-state index contributed by atoms with van der Waals surface area (Å²) in [5, 5.41) is 19.8. The minimum atomic E-state index is -1.13. The zero-order chi connectivity index (χ0) is 18.7. The number of aromatic carboxylic acids is 1. The zero-order valence-electron chi connectivity index (χ0n) is 14.5. The predicted octanol–water partition coefficient (Wildman–Crippen LogP) is 2.33. The van der Waals surface area contributed by atoms with Crippen LogP contribution in [-0.2, 0) is 11.3 Å². The molecule has 3 aromatic rings. The molecule has 0 aliphatic rings. The molecule has 1 aromatic carbocycles. The minimum absolute atomic E-state index is 0.105. The maximum absolute atomic E-state index is 12.3. The largest absolute Gasteiger partial charge is 0.476 e.